The van der Waals surface area contributed by atoms with Crippen LogP contribution in [0.1, 0.15) is 52.4 Å². The maximum atomic E-state index is 12.8. The van der Waals surface area contributed by atoms with Crippen LogP contribution < -0.4 is 10.1 Å². The van der Waals surface area contributed by atoms with Gasteiger partial charge >= 0.3 is 0 Å². The van der Waals surface area contributed by atoms with E-state index < -0.39 is 9.84 Å². The van der Waals surface area contributed by atoms with Crippen molar-refractivity contribution in [2.24, 2.45) is 0 Å². The summed E-state index contributed by atoms with van der Waals surface area (Å²) in [4.78, 5) is 2.89. The van der Waals surface area contributed by atoms with Gasteiger partial charge in [0.25, 0.3) is 0 Å². The lowest BCUT2D eigenvalue weighted by atomic mass is 10.0. The Labute approximate surface area is 164 Å². The second kappa shape index (κ2) is 8.93. The Bertz CT molecular complexity index is 689. The van der Waals surface area contributed by atoms with E-state index in [1.54, 1.807) is 12.1 Å². The standard InChI is InChI=1S/C21H34N2O3S/c1-21(2,12-15-23-16-13-22-14-17-23)26-18-8-10-20(11-9-18)27(24,25)19-6-4-3-5-7-19/h8-11,19,22H,3-7,12-17H2,1-2H3. The number of hydrogen-bond donors (Lipinski definition) is 1. The second-order valence-electron chi connectivity index (χ2n) is 8.48. The van der Waals surface area contributed by atoms with E-state index in [0.717, 1.165) is 77.0 Å². The van der Waals surface area contributed by atoms with Crippen LogP contribution in [-0.4, -0.2) is 56.9 Å². The first-order valence-electron chi connectivity index (χ1n) is 10.3. The van der Waals surface area contributed by atoms with Crippen molar-refractivity contribution in [3.8, 4) is 5.75 Å². The zero-order chi connectivity index (χ0) is 19.3. The van der Waals surface area contributed by atoms with Crippen LogP contribution in [-0.2, 0) is 9.84 Å². The number of nitrogens with one attached hydrogen (secondary N) is 1. The second-order valence-corrected chi connectivity index (χ2v) is 10.7. The summed E-state index contributed by atoms with van der Waals surface area (Å²) in [5.41, 5.74) is -0.283. The van der Waals surface area contributed by atoms with Gasteiger partial charge in [0.1, 0.15) is 11.4 Å². The van der Waals surface area contributed by atoms with Crippen molar-refractivity contribution in [2.45, 2.75) is 68.1 Å². The zero-order valence-corrected chi connectivity index (χ0v) is 17.6. The molecule has 1 aliphatic heterocycles. The van der Waals surface area contributed by atoms with Gasteiger partial charge in [0.15, 0.2) is 9.84 Å². The van der Waals surface area contributed by atoms with Gasteiger partial charge in [-0.15, -0.1) is 0 Å². The first kappa shape index (κ1) is 20.6. The van der Waals surface area contributed by atoms with Crippen molar-refractivity contribution in [1.29, 1.82) is 0 Å². The van der Waals surface area contributed by atoms with E-state index in [9.17, 15) is 8.42 Å². The number of piperazine rings is 1. The van der Waals surface area contributed by atoms with E-state index in [2.05, 4.69) is 24.1 Å². The lowest BCUT2D eigenvalue weighted by molar-refractivity contribution is 0.0808. The fourth-order valence-electron chi connectivity index (χ4n) is 4.00. The molecule has 0 unspecified atom stereocenters. The van der Waals surface area contributed by atoms with Crippen molar-refractivity contribution in [3.63, 3.8) is 0 Å². The van der Waals surface area contributed by atoms with E-state index in [4.69, 9.17) is 4.74 Å². The van der Waals surface area contributed by atoms with Crippen LogP contribution in [0.4, 0.5) is 0 Å². The van der Waals surface area contributed by atoms with Crippen LogP contribution in [0.2, 0.25) is 0 Å². The number of ether oxygens (including phenoxy) is 1. The van der Waals surface area contributed by atoms with Crippen LogP contribution in [0.5, 0.6) is 5.75 Å². The zero-order valence-electron chi connectivity index (χ0n) is 16.7. The minimum atomic E-state index is -3.22. The molecule has 0 aromatic heterocycles. The summed E-state index contributed by atoms with van der Waals surface area (Å²) >= 11 is 0. The van der Waals surface area contributed by atoms with Gasteiger partial charge in [-0.1, -0.05) is 19.3 Å². The highest BCUT2D eigenvalue weighted by atomic mass is 32.2. The monoisotopic (exact) mass is 394 g/mol. The molecule has 152 valence electrons. The molecule has 1 N–H and O–H groups in total. The Kier molecular flexibility index (Phi) is 6.82. The van der Waals surface area contributed by atoms with Gasteiger partial charge in [-0.05, 0) is 57.4 Å². The van der Waals surface area contributed by atoms with Crippen LogP contribution in [0, 0.1) is 0 Å². The van der Waals surface area contributed by atoms with Gasteiger partial charge in [0.2, 0.25) is 0 Å². The highest BCUT2D eigenvalue weighted by molar-refractivity contribution is 7.92. The van der Waals surface area contributed by atoms with Crippen molar-refractivity contribution in [2.75, 3.05) is 32.7 Å². The Morgan fingerprint density at radius 2 is 1.70 bits per heavy atom. The summed E-state index contributed by atoms with van der Waals surface area (Å²) in [5.74, 6) is 0.739. The van der Waals surface area contributed by atoms with Gasteiger partial charge < -0.3 is 15.0 Å². The molecular weight excluding hydrogens is 360 g/mol. The molecule has 1 aromatic carbocycles. The molecule has 3 rings (SSSR count). The van der Waals surface area contributed by atoms with Crippen LogP contribution in [0.3, 0.4) is 0 Å². The molecular formula is C21H34N2O3S. The van der Waals surface area contributed by atoms with E-state index in [1.807, 2.05) is 12.1 Å². The minimum absolute atomic E-state index is 0.214. The highest BCUT2D eigenvalue weighted by Crippen LogP contribution is 2.30. The third kappa shape index (κ3) is 5.69. The molecule has 1 saturated carbocycles. The molecule has 6 heteroatoms. The summed E-state index contributed by atoms with van der Waals surface area (Å²) in [6.45, 7) is 9.50. The van der Waals surface area contributed by atoms with E-state index in [1.165, 1.54) is 0 Å². The van der Waals surface area contributed by atoms with Crippen LogP contribution in [0.15, 0.2) is 29.2 Å². The maximum Gasteiger partial charge on any atom is 0.181 e. The average Bonchev–Trinajstić information content (AvgIpc) is 2.68. The molecule has 0 amide bonds. The predicted octanol–water partition coefficient (Wildman–Crippen LogP) is 3.25. The predicted molar refractivity (Wildman–Crippen MR) is 109 cm³/mol. The molecule has 2 fully saturated rings. The lowest BCUT2D eigenvalue weighted by Crippen LogP contribution is -2.45. The normalized spacial score (nSPS) is 20.5. The number of hydrogen-bond acceptors (Lipinski definition) is 5. The molecule has 5 nitrogen and oxygen atoms in total. The first-order valence-corrected chi connectivity index (χ1v) is 11.9. The summed E-state index contributed by atoms with van der Waals surface area (Å²) in [7, 11) is -3.22. The quantitative estimate of drug-likeness (QED) is 0.769. The Balaban J connectivity index is 1.57. The van der Waals surface area contributed by atoms with Crippen molar-refractivity contribution < 1.29 is 13.2 Å². The molecule has 0 bridgehead atoms. The summed E-state index contributed by atoms with van der Waals surface area (Å²) in [6.07, 6.45) is 5.72. The van der Waals surface area contributed by atoms with Crippen molar-refractivity contribution in [3.05, 3.63) is 24.3 Å². The molecule has 0 radical (unpaired) electrons. The van der Waals surface area contributed by atoms with E-state index >= 15 is 0 Å². The van der Waals surface area contributed by atoms with Gasteiger partial charge in [0, 0.05) is 32.7 Å². The van der Waals surface area contributed by atoms with E-state index in [-0.39, 0.29) is 10.9 Å². The Hall–Kier alpha value is -1.11. The summed E-state index contributed by atoms with van der Waals surface area (Å²) in [5, 5.41) is 3.16. The first-order chi connectivity index (χ1) is 12.9. The molecule has 2 aliphatic rings. The number of sulfone groups is 1. The van der Waals surface area contributed by atoms with Gasteiger partial charge in [-0.2, -0.15) is 0 Å². The third-order valence-corrected chi connectivity index (χ3v) is 8.06. The lowest BCUT2D eigenvalue weighted by Gasteiger charge is -2.32. The van der Waals surface area contributed by atoms with E-state index in [0.29, 0.717) is 4.90 Å². The molecule has 1 aromatic rings. The Morgan fingerprint density at radius 1 is 1.07 bits per heavy atom. The van der Waals surface area contributed by atoms with Crippen LogP contribution >= 0.6 is 0 Å². The van der Waals surface area contributed by atoms with Gasteiger partial charge in [0.05, 0.1) is 10.1 Å². The van der Waals surface area contributed by atoms with Crippen LogP contribution in [0.25, 0.3) is 0 Å². The molecule has 1 heterocycles. The van der Waals surface area contributed by atoms with Gasteiger partial charge in [-0.25, -0.2) is 8.42 Å². The smallest absolute Gasteiger partial charge is 0.181 e. The number of nitrogens with zero attached hydrogens (tertiary/aromatic N) is 1. The minimum Gasteiger partial charge on any atom is -0.488 e. The average molecular weight is 395 g/mol. The molecule has 1 aliphatic carbocycles. The largest absolute Gasteiger partial charge is 0.488 e. The molecule has 0 spiro atoms. The molecule has 27 heavy (non-hydrogen) atoms. The van der Waals surface area contributed by atoms with Gasteiger partial charge in [-0.3, -0.25) is 0 Å². The molecule has 0 atom stereocenters. The van der Waals surface area contributed by atoms with Crippen molar-refractivity contribution >= 4 is 9.84 Å². The highest BCUT2D eigenvalue weighted by Gasteiger charge is 2.29. The number of rotatable bonds is 7. The van der Waals surface area contributed by atoms with Crippen molar-refractivity contribution in [1.82, 2.24) is 10.2 Å². The fraction of sp³-hybridized carbons (Fsp3) is 0.714. The SMILES string of the molecule is CC(C)(CCN1CCNCC1)Oc1ccc(S(=O)(=O)C2CCCCC2)cc1. The summed E-state index contributed by atoms with van der Waals surface area (Å²) in [6, 6.07) is 7.04. The fourth-order valence-corrected chi connectivity index (χ4v) is 5.85. The third-order valence-electron chi connectivity index (χ3n) is 5.78. The molecule has 1 saturated heterocycles. The maximum absolute atomic E-state index is 12.8. The number of benzene rings is 1. The topological polar surface area (TPSA) is 58.6 Å². The Morgan fingerprint density at radius 3 is 2.33 bits per heavy atom. The summed E-state index contributed by atoms with van der Waals surface area (Å²) < 4.78 is 31.8.